The first-order valence-electron chi connectivity index (χ1n) is 6.45. The summed E-state index contributed by atoms with van der Waals surface area (Å²) in [4.78, 5) is 9.96. The molecule has 3 rings (SSSR count). The van der Waals surface area contributed by atoms with Gasteiger partial charge in [0, 0.05) is 6.07 Å². The predicted molar refractivity (Wildman–Crippen MR) is 76.2 cm³/mol. The number of aromatic nitrogens is 4. The van der Waals surface area contributed by atoms with Crippen LogP contribution in [-0.2, 0) is 0 Å². The zero-order valence-corrected chi connectivity index (χ0v) is 11.5. The van der Waals surface area contributed by atoms with E-state index in [1.807, 2.05) is 6.92 Å². The molecule has 0 radical (unpaired) electrons. The Kier molecular flexibility index (Phi) is 3.52. The quantitative estimate of drug-likeness (QED) is 0.525. The van der Waals surface area contributed by atoms with E-state index in [-0.39, 0.29) is 5.88 Å². The van der Waals surface area contributed by atoms with E-state index in [4.69, 9.17) is 9.15 Å². The van der Waals surface area contributed by atoms with Crippen molar-refractivity contribution in [3.63, 3.8) is 0 Å². The Labute approximate surface area is 124 Å². The number of furan rings is 1. The monoisotopic (exact) mass is 301 g/mol. The molecule has 0 aromatic carbocycles. The van der Waals surface area contributed by atoms with E-state index in [1.165, 1.54) is 16.6 Å². The fourth-order valence-corrected chi connectivity index (χ4v) is 1.80. The lowest BCUT2D eigenvalue weighted by molar-refractivity contribution is -0.402. The second kappa shape index (κ2) is 5.64. The van der Waals surface area contributed by atoms with Crippen molar-refractivity contribution in [1.82, 2.24) is 19.8 Å². The summed E-state index contributed by atoms with van der Waals surface area (Å²) in [5, 5.41) is 22.8. The van der Waals surface area contributed by atoms with Crippen LogP contribution in [0.2, 0.25) is 0 Å². The molecule has 0 unspecified atom stereocenters. The highest BCUT2D eigenvalue weighted by Gasteiger charge is 2.10. The zero-order chi connectivity index (χ0) is 15.5. The zero-order valence-electron chi connectivity index (χ0n) is 11.5. The van der Waals surface area contributed by atoms with Crippen molar-refractivity contribution in [1.29, 1.82) is 0 Å². The van der Waals surface area contributed by atoms with E-state index in [9.17, 15) is 10.1 Å². The average molecular weight is 301 g/mol. The Morgan fingerprint density at radius 3 is 2.91 bits per heavy atom. The van der Waals surface area contributed by atoms with Crippen LogP contribution in [0.1, 0.15) is 18.5 Å². The van der Waals surface area contributed by atoms with Crippen molar-refractivity contribution >= 4 is 23.7 Å². The van der Waals surface area contributed by atoms with Gasteiger partial charge in [-0.3, -0.25) is 10.1 Å². The molecule has 112 valence electrons. The van der Waals surface area contributed by atoms with Crippen LogP contribution in [0.3, 0.4) is 0 Å². The molecule has 22 heavy (non-hydrogen) atoms. The standard InChI is InChI=1S/C13H11N5O4/c1-2-21-12-7-6-11-15-14-10(17(11)16-12)5-3-9-4-8-13(22-9)18(19)20/h3-8H,2H2,1H3. The van der Waals surface area contributed by atoms with E-state index < -0.39 is 4.92 Å². The normalized spacial score (nSPS) is 11.3. The molecule has 0 aliphatic rings. The number of ether oxygens (including phenoxy) is 1. The maximum Gasteiger partial charge on any atom is 0.433 e. The van der Waals surface area contributed by atoms with Gasteiger partial charge in [0.25, 0.3) is 0 Å². The van der Waals surface area contributed by atoms with Crippen LogP contribution in [0.25, 0.3) is 17.8 Å². The second-order valence-corrected chi connectivity index (χ2v) is 4.20. The van der Waals surface area contributed by atoms with Gasteiger partial charge >= 0.3 is 5.88 Å². The highest BCUT2D eigenvalue weighted by atomic mass is 16.6. The van der Waals surface area contributed by atoms with Crippen LogP contribution in [0, 0.1) is 10.1 Å². The molecule has 3 heterocycles. The number of hydrogen-bond acceptors (Lipinski definition) is 7. The van der Waals surface area contributed by atoms with Crippen LogP contribution < -0.4 is 4.74 Å². The lowest BCUT2D eigenvalue weighted by Crippen LogP contribution is -2.00. The third-order valence-corrected chi connectivity index (χ3v) is 2.74. The largest absolute Gasteiger partial charge is 0.477 e. The third-order valence-electron chi connectivity index (χ3n) is 2.74. The molecule has 0 saturated heterocycles. The smallest absolute Gasteiger partial charge is 0.433 e. The molecule has 0 fully saturated rings. The number of fused-ring (bicyclic) bond motifs is 1. The Bertz CT molecular complexity index is 851. The third kappa shape index (κ3) is 2.64. The minimum absolute atomic E-state index is 0.317. The van der Waals surface area contributed by atoms with E-state index >= 15 is 0 Å². The number of nitrogens with zero attached hydrogens (tertiary/aromatic N) is 5. The average Bonchev–Trinajstić information content (AvgIpc) is 3.12. The van der Waals surface area contributed by atoms with Crippen LogP contribution in [0.15, 0.2) is 28.7 Å². The summed E-state index contributed by atoms with van der Waals surface area (Å²) in [6.07, 6.45) is 3.16. The molecule has 0 bridgehead atoms. The molecule has 0 aliphatic carbocycles. The Balaban J connectivity index is 1.90. The number of hydrogen-bond donors (Lipinski definition) is 0. The SMILES string of the molecule is CCOc1ccc2nnc(C=Cc3ccc([N+](=O)[O-])o3)n2n1. The molecular weight excluding hydrogens is 290 g/mol. The summed E-state index contributed by atoms with van der Waals surface area (Å²) < 4.78 is 11.9. The molecule has 0 amide bonds. The van der Waals surface area contributed by atoms with Gasteiger partial charge < -0.3 is 9.15 Å². The number of nitro groups is 1. The van der Waals surface area contributed by atoms with Gasteiger partial charge in [0.2, 0.25) is 5.88 Å². The fourth-order valence-electron chi connectivity index (χ4n) is 1.80. The molecule has 3 aromatic heterocycles. The van der Waals surface area contributed by atoms with Gasteiger partial charge in [0.15, 0.2) is 11.5 Å². The van der Waals surface area contributed by atoms with Crippen LogP contribution >= 0.6 is 0 Å². The minimum atomic E-state index is -0.597. The van der Waals surface area contributed by atoms with Crippen molar-refractivity contribution in [2.75, 3.05) is 6.61 Å². The van der Waals surface area contributed by atoms with E-state index in [0.29, 0.717) is 29.7 Å². The van der Waals surface area contributed by atoms with Gasteiger partial charge in [0.05, 0.1) is 12.7 Å². The Morgan fingerprint density at radius 2 is 2.18 bits per heavy atom. The van der Waals surface area contributed by atoms with Crippen molar-refractivity contribution in [3.05, 3.63) is 46.0 Å². The van der Waals surface area contributed by atoms with Crippen molar-refractivity contribution < 1.29 is 14.1 Å². The first kappa shape index (κ1) is 13.7. The summed E-state index contributed by atoms with van der Waals surface area (Å²) in [5.41, 5.74) is 0.563. The Hall–Kier alpha value is -3.23. The molecule has 9 heteroatoms. The molecule has 3 aromatic rings. The van der Waals surface area contributed by atoms with Gasteiger partial charge in [-0.2, -0.15) is 4.52 Å². The summed E-state index contributed by atoms with van der Waals surface area (Å²) in [6.45, 7) is 2.37. The van der Waals surface area contributed by atoms with E-state index in [2.05, 4.69) is 15.3 Å². The first-order valence-corrected chi connectivity index (χ1v) is 6.45. The molecular formula is C13H11N5O4. The van der Waals surface area contributed by atoms with E-state index in [0.717, 1.165) is 0 Å². The van der Waals surface area contributed by atoms with Gasteiger partial charge in [-0.25, -0.2) is 0 Å². The van der Waals surface area contributed by atoms with E-state index in [1.54, 1.807) is 24.3 Å². The van der Waals surface area contributed by atoms with Gasteiger partial charge in [-0.15, -0.1) is 15.3 Å². The fraction of sp³-hybridized carbons (Fsp3) is 0.154. The van der Waals surface area contributed by atoms with Crippen LogP contribution in [0.5, 0.6) is 5.88 Å². The van der Waals surface area contributed by atoms with Gasteiger partial charge in [-0.05, 0) is 31.2 Å². The molecule has 0 spiro atoms. The summed E-state index contributed by atoms with van der Waals surface area (Å²) in [7, 11) is 0. The molecule has 0 atom stereocenters. The topological polar surface area (TPSA) is 109 Å². The summed E-state index contributed by atoms with van der Waals surface area (Å²) in [6, 6.07) is 6.22. The minimum Gasteiger partial charge on any atom is -0.477 e. The highest BCUT2D eigenvalue weighted by Crippen LogP contribution is 2.18. The van der Waals surface area contributed by atoms with Crippen molar-refractivity contribution in [3.8, 4) is 5.88 Å². The first-order chi connectivity index (χ1) is 10.7. The number of rotatable bonds is 5. The summed E-state index contributed by atoms with van der Waals surface area (Å²) >= 11 is 0. The van der Waals surface area contributed by atoms with Gasteiger partial charge in [-0.1, -0.05) is 0 Å². The lowest BCUT2D eigenvalue weighted by atomic mass is 10.4. The molecule has 0 saturated carbocycles. The maximum absolute atomic E-state index is 10.6. The predicted octanol–water partition coefficient (Wildman–Crippen LogP) is 2.19. The molecule has 0 aliphatic heterocycles. The van der Waals surface area contributed by atoms with Crippen LogP contribution in [-0.4, -0.2) is 31.3 Å². The maximum atomic E-state index is 10.6. The van der Waals surface area contributed by atoms with Crippen molar-refractivity contribution in [2.24, 2.45) is 0 Å². The van der Waals surface area contributed by atoms with Crippen molar-refractivity contribution in [2.45, 2.75) is 6.92 Å². The summed E-state index contributed by atoms with van der Waals surface area (Å²) in [5.74, 6) is 0.931. The molecule has 0 N–H and O–H groups in total. The molecule has 9 nitrogen and oxygen atoms in total. The Morgan fingerprint density at radius 1 is 1.32 bits per heavy atom. The lowest BCUT2D eigenvalue weighted by Gasteiger charge is -2.01. The van der Waals surface area contributed by atoms with Crippen LogP contribution in [0.4, 0.5) is 5.88 Å². The highest BCUT2D eigenvalue weighted by molar-refractivity contribution is 5.65. The van der Waals surface area contributed by atoms with Gasteiger partial charge in [0.1, 0.15) is 10.7 Å². The second-order valence-electron chi connectivity index (χ2n) is 4.20.